The van der Waals surface area contributed by atoms with Gasteiger partial charge in [-0.1, -0.05) is 30.3 Å². The van der Waals surface area contributed by atoms with Crippen molar-refractivity contribution in [3.63, 3.8) is 0 Å². The number of para-hydroxylation sites is 2. The van der Waals surface area contributed by atoms with Gasteiger partial charge in [-0.15, -0.1) is 0 Å². The van der Waals surface area contributed by atoms with E-state index in [4.69, 9.17) is 4.74 Å². The standard InChI is InChI=1S/C19H23N3O2/c1-24-19(23)17-9-5-6-10-18(17)20-15-21-11-13-22(14-12-21)16-7-3-2-4-8-16/h2-10,20H,11-15H2,1H3. The minimum atomic E-state index is -0.313. The fourth-order valence-corrected chi connectivity index (χ4v) is 2.93. The molecule has 1 N–H and O–H groups in total. The van der Waals surface area contributed by atoms with Crippen molar-refractivity contribution >= 4 is 17.3 Å². The van der Waals surface area contributed by atoms with E-state index in [1.807, 2.05) is 24.3 Å². The molecule has 126 valence electrons. The maximum atomic E-state index is 11.8. The quantitative estimate of drug-likeness (QED) is 0.856. The van der Waals surface area contributed by atoms with E-state index in [2.05, 4.69) is 39.4 Å². The summed E-state index contributed by atoms with van der Waals surface area (Å²) in [4.78, 5) is 16.6. The molecule has 0 aromatic heterocycles. The molecule has 24 heavy (non-hydrogen) atoms. The van der Waals surface area contributed by atoms with Crippen molar-refractivity contribution < 1.29 is 9.53 Å². The van der Waals surface area contributed by atoms with Gasteiger partial charge in [0.2, 0.25) is 0 Å². The number of carbonyl (C=O) groups excluding carboxylic acids is 1. The second-order valence-electron chi connectivity index (χ2n) is 5.81. The number of benzene rings is 2. The van der Waals surface area contributed by atoms with E-state index in [-0.39, 0.29) is 5.97 Å². The van der Waals surface area contributed by atoms with Crippen molar-refractivity contribution in [2.45, 2.75) is 0 Å². The van der Waals surface area contributed by atoms with Gasteiger partial charge in [-0.05, 0) is 24.3 Å². The Hall–Kier alpha value is -2.53. The van der Waals surface area contributed by atoms with Crippen LogP contribution in [0.3, 0.4) is 0 Å². The van der Waals surface area contributed by atoms with Crippen LogP contribution >= 0.6 is 0 Å². The Morgan fingerprint density at radius 3 is 2.38 bits per heavy atom. The first kappa shape index (κ1) is 16.3. The van der Waals surface area contributed by atoms with Gasteiger partial charge in [-0.25, -0.2) is 4.79 Å². The zero-order valence-electron chi connectivity index (χ0n) is 13.9. The molecule has 0 saturated carbocycles. The molecule has 1 aliphatic rings. The van der Waals surface area contributed by atoms with E-state index in [0.717, 1.165) is 38.5 Å². The highest BCUT2D eigenvalue weighted by molar-refractivity contribution is 5.95. The van der Waals surface area contributed by atoms with Crippen LogP contribution in [0.1, 0.15) is 10.4 Å². The fraction of sp³-hybridized carbons (Fsp3) is 0.316. The molecule has 1 aliphatic heterocycles. The summed E-state index contributed by atoms with van der Waals surface area (Å²) in [5.74, 6) is -0.313. The molecule has 1 saturated heterocycles. The van der Waals surface area contributed by atoms with E-state index < -0.39 is 0 Å². The maximum absolute atomic E-state index is 11.8. The van der Waals surface area contributed by atoms with Crippen molar-refractivity contribution in [2.24, 2.45) is 0 Å². The fourth-order valence-electron chi connectivity index (χ4n) is 2.93. The molecule has 0 bridgehead atoms. The van der Waals surface area contributed by atoms with Gasteiger partial charge in [0.1, 0.15) is 0 Å². The van der Waals surface area contributed by atoms with E-state index in [1.54, 1.807) is 6.07 Å². The van der Waals surface area contributed by atoms with Gasteiger partial charge in [0.15, 0.2) is 0 Å². The average Bonchev–Trinajstić information content (AvgIpc) is 2.67. The summed E-state index contributed by atoms with van der Waals surface area (Å²) in [7, 11) is 1.40. The lowest BCUT2D eigenvalue weighted by atomic mass is 10.2. The Morgan fingerprint density at radius 2 is 1.67 bits per heavy atom. The van der Waals surface area contributed by atoms with Crippen molar-refractivity contribution in [2.75, 3.05) is 50.2 Å². The lowest BCUT2D eigenvalue weighted by Gasteiger charge is -2.36. The van der Waals surface area contributed by atoms with Crippen LogP contribution in [0.5, 0.6) is 0 Å². The van der Waals surface area contributed by atoms with E-state index in [1.165, 1.54) is 12.8 Å². The van der Waals surface area contributed by atoms with Gasteiger partial charge in [0.05, 0.1) is 19.3 Å². The highest BCUT2D eigenvalue weighted by atomic mass is 16.5. The zero-order valence-corrected chi connectivity index (χ0v) is 13.9. The zero-order chi connectivity index (χ0) is 16.8. The first-order valence-corrected chi connectivity index (χ1v) is 8.21. The Kier molecular flexibility index (Phi) is 5.33. The second-order valence-corrected chi connectivity index (χ2v) is 5.81. The first-order valence-electron chi connectivity index (χ1n) is 8.21. The Balaban J connectivity index is 1.53. The smallest absolute Gasteiger partial charge is 0.339 e. The van der Waals surface area contributed by atoms with Gasteiger partial charge in [-0.3, -0.25) is 4.90 Å². The highest BCUT2D eigenvalue weighted by Crippen LogP contribution is 2.18. The predicted octanol–water partition coefficient (Wildman–Crippen LogP) is 2.66. The van der Waals surface area contributed by atoms with Crippen molar-refractivity contribution in [3.05, 3.63) is 60.2 Å². The minimum absolute atomic E-state index is 0.313. The summed E-state index contributed by atoms with van der Waals surface area (Å²) in [6.45, 7) is 4.70. The molecule has 3 rings (SSSR count). The first-order chi connectivity index (χ1) is 11.8. The molecule has 5 heteroatoms. The third kappa shape index (κ3) is 3.86. The van der Waals surface area contributed by atoms with E-state index in [9.17, 15) is 4.79 Å². The highest BCUT2D eigenvalue weighted by Gasteiger charge is 2.17. The van der Waals surface area contributed by atoms with Gasteiger partial charge in [0.25, 0.3) is 0 Å². The van der Waals surface area contributed by atoms with E-state index in [0.29, 0.717) is 5.56 Å². The van der Waals surface area contributed by atoms with Crippen molar-refractivity contribution in [3.8, 4) is 0 Å². The molecular weight excluding hydrogens is 302 g/mol. The molecule has 0 radical (unpaired) electrons. The number of hydrogen-bond donors (Lipinski definition) is 1. The summed E-state index contributed by atoms with van der Waals surface area (Å²) < 4.78 is 4.83. The van der Waals surface area contributed by atoms with Crippen molar-refractivity contribution in [1.82, 2.24) is 4.90 Å². The normalized spacial score (nSPS) is 15.1. The van der Waals surface area contributed by atoms with Crippen LogP contribution in [-0.4, -0.2) is 50.8 Å². The molecule has 2 aromatic carbocycles. The number of rotatable bonds is 5. The van der Waals surface area contributed by atoms with Gasteiger partial charge in [-0.2, -0.15) is 0 Å². The van der Waals surface area contributed by atoms with Gasteiger partial charge < -0.3 is 15.0 Å². The van der Waals surface area contributed by atoms with Crippen LogP contribution in [-0.2, 0) is 4.74 Å². The molecule has 0 amide bonds. The number of piperazine rings is 1. The van der Waals surface area contributed by atoms with Crippen LogP contribution in [0.4, 0.5) is 11.4 Å². The molecule has 0 spiro atoms. The summed E-state index contributed by atoms with van der Waals surface area (Å²) >= 11 is 0. The molecule has 1 heterocycles. The van der Waals surface area contributed by atoms with Crippen LogP contribution in [0, 0.1) is 0 Å². The third-order valence-electron chi connectivity index (χ3n) is 4.32. The minimum Gasteiger partial charge on any atom is -0.465 e. The van der Waals surface area contributed by atoms with Crippen LogP contribution in [0.2, 0.25) is 0 Å². The molecule has 2 aromatic rings. The second kappa shape index (κ2) is 7.84. The summed E-state index contributed by atoms with van der Waals surface area (Å²) in [5, 5.41) is 3.36. The van der Waals surface area contributed by atoms with Gasteiger partial charge >= 0.3 is 5.97 Å². The van der Waals surface area contributed by atoms with Crippen LogP contribution < -0.4 is 10.2 Å². The number of nitrogens with zero attached hydrogens (tertiary/aromatic N) is 2. The number of hydrogen-bond acceptors (Lipinski definition) is 5. The SMILES string of the molecule is COC(=O)c1ccccc1NCN1CCN(c2ccccc2)CC1. The lowest BCUT2D eigenvalue weighted by molar-refractivity contribution is 0.0601. The molecular formula is C19H23N3O2. The van der Waals surface area contributed by atoms with E-state index >= 15 is 0 Å². The molecule has 5 nitrogen and oxygen atoms in total. The Morgan fingerprint density at radius 1 is 1.00 bits per heavy atom. The molecule has 0 unspecified atom stereocenters. The monoisotopic (exact) mass is 325 g/mol. The number of methoxy groups -OCH3 is 1. The van der Waals surface area contributed by atoms with Gasteiger partial charge in [0, 0.05) is 37.6 Å². The largest absolute Gasteiger partial charge is 0.465 e. The number of nitrogens with one attached hydrogen (secondary N) is 1. The summed E-state index contributed by atoms with van der Waals surface area (Å²) in [6, 6.07) is 18.0. The topological polar surface area (TPSA) is 44.8 Å². The van der Waals surface area contributed by atoms with Crippen molar-refractivity contribution in [1.29, 1.82) is 0 Å². The third-order valence-corrected chi connectivity index (χ3v) is 4.32. The summed E-state index contributed by atoms with van der Waals surface area (Å²) in [6.07, 6.45) is 0. The maximum Gasteiger partial charge on any atom is 0.339 e. The predicted molar refractivity (Wildman–Crippen MR) is 96.5 cm³/mol. The number of carbonyl (C=O) groups is 1. The number of ether oxygens (including phenoxy) is 1. The lowest BCUT2D eigenvalue weighted by Crippen LogP contribution is -2.48. The number of anilines is 2. The average molecular weight is 325 g/mol. The number of esters is 1. The Labute approximate surface area is 142 Å². The van der Waals surface area contributed by atoms with Crippen LogP contribution in [0.25, 0.3) is 0 Å². The molecule has 0 aliphatic carbocycles. The molecule has 0 atom stereocenters. The Bertz CT molecular complexity index is 667. The summed E-state index contributed by atoms with van der Waals surface area (Å²) in [5.41, 5.74) is 2.67. The van der Waals surface area contributed by atoms with Crippen LogP contribution in [0.15, 0.2) is 54.6 Å². The molecule has 1 fully saturated rings.